The minimum atomic E-state index is -1.32. The predicted molar refractivity (Wildman–Crippen MR) is 105 cm³/mol. The summed E-state index contributed by atoms with van der Waals surface area (Å²) in [6.45, 7) is 5.23. The first-order chi connectivity index (χ1) is 13.7. The van der Waals surface area contributed by atoms with E-state index >= 15 is 0 Å². The van der Waals surface area contributed by atoms with Crippen molar-refractivity contribution in [2.24, 2.45) is 0 Å². The number of aryl methyl sites for hydroxylation is 3. The number of thiazole rings is 1. The van der Waals surface area contributed by atoms with Crippen LogP contribution in [0.4, 0.5) is 0 Å². The van der Waals surface area contributed by atoms with Crippen molar-refractivity contribution < 1.29 is 19.7 Å². The highest BCUT2D eigenvalue weighted by atomic mass is 32.1. The zero-order valence-corrected chi connectivity index (χ0v) is 17.2. The first kappa shape index (κ1) is 21.4. The molecule has 0 unspecified atom stereocenters. The maximum Gasteiger partial charge on any atom is 0.328 e. The second kappa shape index (κ2) is 8.57. The lowest BCUT2D eigenvalue weighted by Crippen LogP contribution is -2.60. The Bertz CT molecular complexity index is 1010. The Labute approximate surface area is 170 Å². The van der Waals surface area contributed by atoms with Crippen molar-refractivity contribution in [1.29, 1.82) is 0 Å². The van der Waals surface area contributed by atoms with Gasteiger partial charge in [0, 0.05) is 16.6 Å². The highest BCUT2D eigenvalue weighted by Gasteiger charge is 2.39. The molecular formula is C18H24N4O6S. The quantitative estimate of drug-likeness (QED) is 0.470. The molecule has 1 fully saturated rings. The molecule has 2 aromatic heterocycles. The Kier molecular flexibility index (Phi) is 6.32. The van der Waals surface area contributed by atoms with Gasteiger partial charge in [0.25, 0.3) is 5.56 Å². The highest BCUT2D eigenvalue weighted by molar-refractivity contribution is 7.11. The number of aromatic nitrogens is 3. The van der Waals surface area contributed by atoms with Crippen LogP contribution in [0.15, 0.2) is 15.7 Å². The fourth-order valence-corrected chi connectivity index (χ4v) is 4.29. The van der Waals surface area contributed by atoms with Crippen molar-refractivity contribution in [2.75, 3.05) is 6.61 Å². The van der Waals surface area contributed by atoms with Gasteiger partial charge in [0.15, 0.2) is 0 Å². The van der Waals surface area contributed by atoms with E-state index in [2.05, 4.69) is 15.3 Å². The van der Waals surface area contributed by atoms with E-state index in [1.54, 1.807) is 6.92 Å². The van der Waals surface area contributed by atoms with E-state index in [0.29, 0.717) is 5.69 Å². The Hall–Kier alpha value is -2.34. The molecule has 3 heterocycles. The molecule has 2 aromatic rings. The van der Waals surface area contributed by atoms with Crippen LogP contribution in [0.1, 0.15) is 21.3 Å². The van der Waals surface area contributed by atoms with Gasteiger partial charge in [-0.05, 0) is 20.8 Å². The van der Waals surface area contributed by atoms with Crippen molar-refractivity contribution in [1.82, 2.24) is 19.9 Å². The van der Waals surface area contributed by atoms with E-state index in [9.17, 15) is 24.6 Å². The number of hydrogen-bond donors (Lipinski definition) is 4. The monoisotopic (exact) mass is 424 g/mol. The summed E-state index contributed by atoms with van der Waals surface area (Å²) in [5.74, 6) is -0.303. The number of nitrogens with zero attached hydrogens (tertiary/aromatic N) is 2. The molecule has 0 aromatic carbocycles. The van der Waals surface area contributed by atoms with Gasteiger partial charge in [-0.3, -0.25) is 19.1 Å². The van der Waals surface area contributed by atoms with Crippen LogP contribution in [-0.2, 0) is 22.5 Å². The summed E-state index contributed by atoms with van der Waals surface area (Å²) in [5.41, 5.74) is 0.0774. The third-order valence-electron chi connectivity index (χ3n) is 4.90. The molecule has 0 spiro atoms. The van der Waals surface area contributed by atoms with Crippen molar-refractivity contribution in [3.8, 4) is 0 Å². The standard InChI is InChI=1S/C18H24N4O6S/c1-8-4-14(23)21-18(27)22(8)6-12-17(26)16(25)11(7-28-12)20-15(24)5-13-9(2)19-10(3)29-13/h4,11-12,16-17,25-26H,5-7H2,1-3H3,(H,20,24)(H,21,23,27)/t11-,12-,16+,17-/m1/s1. The van der Waals surface area contributed by atoms with Gasteiger partial charge in [0.2, 0.25) is 5.91 Å². The number of carbonyl (C=O) groups excluding carboxylic acids is 1. The lowest BCUT2D eigenvalue weighted by molar-refractivity contribution is -0.158. The Morgan fingerprint density at radius 1 is 1.34 bits per heavy atom. The van der Waals surface area contributed by atoms with E-state index in [1.165, 1.54) is 22.0 Å². The van der Waals surface area contributed by atoms with Gasteiger partial charge in [-0.1, -0.05) is 0 Å². The van der Waals surface area contributed by atoms with Crippen LogP contribution in [0.25, 0.3) is 0 Å². The molecule has 0 bridgehead atoms. The highest BCUT2D eigenvalue weighted by Crippen LogP contribution is 2.20. The smallest absolute Gasteiger partial charge is 0.328 e. The molecule has 0 saturated carbocycles. The molecule has 1 aliphatic heterocycles. The summed E-state index contributed by atoms with van der Waals surface area (Å²) in [4.78, 5) is 42.9. The molecule has 1 amide bonds. The molecular weight excluding hydrogens is 400 g/mol. The van der Waals surface area contributed by atoms with E-state index in [0.717, 1.165) is 15.6 Å². The van der Waals surface area contributed by atoms with Crippen molar-refractivity contribution in [2.45, 2.75) is 58.1 Å². The number of carbonyl (C=O) groups is 1. The lowest BCUT2D eigenvalue weighted by atomic mass is 9.97. The normalized spacial score (nSPS) is 24.4. The first-order valence-corrected chi connectivity index (χ1v) is 9.98. The van der Waals surface area contributed by atoms with Crippen molar-refractivity contribution in [3.63, 3.8) is 0 Å². The second-order valence-electron chi connectivity index (χ2n) is 7.14. The Balaban J connectivity index is 1.63. The molecule has 11 heteroatoms. The Morgan fingerprint density at radius 3 is 2.69 bits per heavy atom. The summed E-state index contributed by atoms with van der Waals surface area (Å²) in [7, 11) is 0. The zero-order chi connectivity index (χ0) is 21.3. The topological polar surface area (TPSA) is 147 Å². The van der Waals surface area contributed by atoms with E-state index in [4.69, 9.17) is 4.74 Å². The number of H-pyrrole nitrogens is 1. The first-order valence-electron chi connectivity index (χ1n) is 9.16. The molecule has 10 nitrogen and oxygen atoms in total. The number of nitrogens with one attached hydrogen (secondary N) is 2. The minimum Gasteiger partial charge on any atom is -0.388 e. The van der Waals surface area contributed by atoms with Gasteiger partial charge in [-0.15, -0.1) is 11.3 Å². The molecule has 4 atom stereocenters. The van der Waals surface area contributed by atoms with Gasteiger partial charge < -0.3 is 20.3 Å². The predicted octanol–water partition coefficient (Wildman–Crippen LogP) is -1.23. The lowest BCUT2D eigenvalue weighted by Gasteiger charge is -2.38. The fraction of sp³-hybridized carbons (Fsp3) is 0.556. The molecule has 29 heavy (non-hydrogen) atoms. The number of ether oxygens (including phenoxy) is 1. The SMILES string of the molecule is Cc1nc(C)c(CC(=O)N[C@@H]2CO[C@H](Cn3c(C)cc(=O)[nH]c3=O)[C@@H](O)[C@H]2O)s1. The van der Waals surface area contributed by atoms with Crippen LogP contribution in [0.3, 0.4) is 0 Å². The summed E-state index contributed by atoms with van der Waals surface area (Å²) < 4.78 is 6.87. The summed E-state index contributed by atoms with van der Waals surface area (Å²) in [5, 5.41) is 24.4. The van der Waals surface area contributed by atoms with Crippen LogP contribution in [0, 0.1) is 20.8 Å². The van der Waals surface area contributed by atoms with E-state index in [-0.39, 0.29) is 25.5 Å². The van der Waals surface area contributed by atoms with E-state index < -0.39 is 35.6 Å². The fourth-order valence-electron chi connectivity index (χ4n) is 3.35. The van der Waals surface area contributed by atoms with Crippen molar-refractivity contribution in [3.05, 3.63) is 48.2 Å². The molecule has 1 aliphatic rings. The number of aliphatic hydroxyl groups excluding tert-OH is 2. The summed E-state index contributed by atoms with van der Waals surface area (Å²) in [6.07, 6.45) is -3.32. The number of amides is 1. The molecule has 3 rings (SSSR count). The largest absolute Gasteiger partial charge is 0.388 e. The third-order valence-corrected chi connectivity index (χ3v) is 5.98. The van der Waals surface area contributed by atoms with Gasteiger partial charge in [-0.25, -0.2) is 9.78 Å². The van der Waals surface area contributed by atoms with Crippen LogP contribution in [0.2, 0.25) is 0 Å². The molecule has 4 N–H and O–H groups in total. The molecule has 0 aliphatic carbocycles. The van der Waals surface area contributed by atoms with Crippen LogP contribution < -0.4 is 16.6 Å². The minimum absolute atomic E-state index is 0.0213. The maximum atomic E-state index is 12.3. The van der Waals surface area contributed by atoms with Crippen LogP contribution in [-0.4, -0.2) is 61.6 Å². The molecule has 0 radical (unpaired) electrons. The number of hydrogen-bond acceptors (Lipinski definition) is 8. The summed E-state index contributed by atoms with van der Waals surface area (Å²) in [6, 6.07) is 0.482. The van der Waals surface area contributed by atoms with Gasteiger partial charge in [0.1, 0.15) is 18.3 Å². The molecule has 158 valence electrons. The van der Waals surface area contributed by atoms with E-state index in [1.807, 2.05) is 13.8 Å². The number of aromatic amines is 1. The van der Waals surface area contributed by atoms with Gasteiger partial charge in [0.05, 0.1) is 36.3 Å². The average molecular weight is 424 g/mol. The van der Waals surface area contributed by atoms with Gasteiger partial charge in [-0.2, -0.15) is 0 Å². The second-order valence-corrected chi connectivity index (χ2v) is 8.42. The number of aliphatic hydroxyl groups is 2. The van der Waals surface area contributed by atoms with Gasteiger partial charge >= 0.3 is 5.69 Å². The zero-order valence-electron chi connectivity index (χ0n) is 16.3. The third kappa shape index (κ3) is 4.81. The molecule has 1 saturated heterocycles. The summed E-state index contributed by atoms with van der Waals surface area (Å²) >= 11 is 1.44. The maximum absolute atomic E-state index is 12.3. The average Bonchev–Trinajstić information content (AvgIpc) is 2.94. The number of rotatable bonds is 5. The van der Waals surface area contributed by atoms with Crippen LogP contribution >= 0.6 is 11.3 Å². The van der Waals surface area contributed by atoms with Crippen LogP contribution in [0.5, 0.6) is 0 Å². The Morgan fingerprint density at radius 2 is 2.07 bits per heavy atom. The van der Waals surface area contributed by atoms with Crippen molar-refractivity contribution >= 4 is 17.2 Å².